The van der Waals surface area contributed by atoms with Crippen LogP contribution in [0.3, 0.4) is 0 Å². The van der Waals surface area contributed by atoms with Gasteiger partial charge in [0.2, 0.25) is 10.0 Å². The molecule has 0 bridgehead atoms. The van der Waals surface area contributed by atoms with Gasteiger partial charge in [-0.3, -0.25) is 9.59 Å². The number of hydrogen-bond donors (Lipinski definition) is 1. The highest BCUT2D eigenvalue weighted by atomic mass is 32.2. The van der Waals surface area contributed by atoms with Gasteiger partial charge in [0.15, 0.2) is 11.5 Å². The van der Waals surface area contributed by atoms with E-state index in [1.165, 1.54) is 23.4 Å². The zero-order valence-corrected chi connectivity index (χ0v) is 18.5. The molecule has 1 aliphatic heterocycles. The summed E-state index contributed by atoms with van der Waals surface area (Å²) in [4.78, 5) is 24.2. The third kappa shape index (κ3) is 4.66. The lowest BCUT2D eigenvalue weighted by Crippen LogP contribution is -2.35. The van der Waals surface area contributed by atoms with E-state index in [0.717, 1.165) is 24.8 Å². The van der Waals surface area contributed by atoms with Crippen LogP contribution < -0.4 is 5.32 Å². The first-order chi connectivity index (χ1) is 15.3. The molecule has 1 aromatic heterocycles. The Kier molecular flexibility index (Phi) is 6.25. The number of sulfonamides is 1. The Hall–Kier alpha value is -3.23. The van der Waals surface area contributed by atoms with Crippen LogP contribution in [-0.2, 0) is 10.0 Å². The predicted molar refractivity (Wildman–Crippen MR) is 121 cm³/mol. The molecule has 0 radical (unpaired) electrons. The molecule has 4 rings (SSSR count). The van der Waals surface area contributed by atoms with Gasteiger partial charge in [-0.1, -0.05) is 36.8 Å². The van der Waals surface area contributed by atoms with Crippen LogP contribution in [0.25, 0.3) is 11.3 Å². The number of ketones is 1. The molecule has 1 fully saturated rings. The smallest absolute Gasteiger partial charge is 0.291 e. The van der Waals surface area contributed by atoms with Crippen LogP contribution in [0, 0.1) is 0 Å². The average Bonchev–Trinajstić information content (AvgIpc) is 3.30. The lowest BCUT2D eigenvalue weighted by atomic mass is 10.1. The molecule has 2 heterocycles. The van der Waals surface area contributed by atoms with Gasteiger partial charge in [0.1, 0.15) is 5.76 Å². The molecule has 0 atom stereocenters. The fourth-order valence-corrected chi connectivity index (χ4v) is 5.23. The number of furan rings is 1. The molecule has 1 N–H and O–H groups in total. The third-order valence-electron chi connectivity index (χ3n) is 5.45. The van der Waals surface area contributed by atoms with E-state index >= 15 is 0 Å². The van der Waals surface area contributed by atoms with Gasteiger partial charge in [-0.25, -0.2) is 8.42 Å². The van der Waals surface area contributed by atoms with Crippen molar-refractivity contribution in [2.75, 3.05) is 18.4 Å². The number of hydrogen-bond acceptors (Lipinski definition) is 5. The molecule has 0 unspecified atom stereocenters. The van der Waals surface area contributed by atoms with Crippen molar-refractivity contribution in [1.82, 2.24) is 4.31 Å². The Balaban J connectivity index is 1.49. The lowest BCUT2D eigenvalue weighted by molar-refractivity contribution is 0.0994. The van der Waals surface area contributed by atoms with Crippen LogP contribution in [0.2, 0.25) is 0 Å². The molecule has 1 saturated heterocycles. The van der Waals surface area contributed by atoms with E-state index in [4.69, 9.17) is 4.42 Å². The number of piperidine rings is 1. The van der Waals surface area contributed by atoms with Gasteiger partial charge in [0, 0.05) is 29.9 Å². The Labute approximate surface area is 187 Å². The molecule has 2 aromatic carbocycles. The summed E-state index contributed by atoms with van der Waals surface area (Å²) in [6, 6.07) is 16.4. The van der Waals surface area contributed by atoms with Crippen molar-refractivity contribution in [1.29, 1.82) is 0 Å². The normalized spacial score (nSPS) is 14.8. The van der Waals surface area contributed by atoms with E-state index in [2.05, 4.69) is 5.32 Å². The second kappa shape index (κ2) is 9.10. The molecule has 1 aliphatic rings. The second-order valence-electron chi connectivity index (χ2n) is 7.74. The first-order valence-corrected chi connectivity index (χ1v) is 11.9. The number of amides is 1. The fourth-order valence-electron chi connectivity index (χ4n) is 3.67. The average molecular weight is 453 g/mol. The number of nitrogens with zero attached hydrogens (tertiary/aromatic N) is 1. The highest BCUT2D eigenvalue weighted by Crippen LogP contribution is 2.25. The zero-order chi connectivity index (χ0) is 22.7. The van der Waals surface area contributed by atoms with Crippen molar-refractivity contribution in [2.24, 2.45) is 0 Å². The van der Waals surface area contributed by atoms with Crippen molar-refractivity contribution >= 4 is 27.4 Å². The minimum atomic E-state index is -3.59. The van der Waals surface area contributed by atoms with Gasteiger partial charge in [-0.2, -0.15) is 4.31 Å². The van der Waals surface area contributed by atoms with E-state index in [0.29, 0.717) is 30.1 Å². The minimum absolute atomic E-state index is 0.0272. The molecule has 0 spiro atoms. The quantitative estimate of drug-likeness (QED) is 0.553. The van der Waals surface area contributed by atoms with Gasteiger partial charge < -0.3 is 9.73 Å². The number of benzene rings is 2. The molecule has 8 heteroatoms. The standard InChI is InChI=1S/C24H24N2O5S/c1-17(27)18-8-10-19(11-9-18)22-12-13-23(31-22)24(28)25-20-6-5-7-21(16-20)32(29,30)26-14-3-2-4-15-26/h5-13,16H,2-4,14-15H2,1H3,(H,25,28). The molecule has 3 aromatic rings. The van der Waals surface area contributed by atoms with Gasteiger partial charge in [-0.05, 0) is 50.1 Å². The van der Waals surface area contributed by atoms with Crippen LogP contribution in [0.4, 0.5) is 5.69 Å². The van der Waals surface area contributed by atoms with Crippen LogP contribution in [-0.4, -0.2) is 37.5 Å². The minimum Gasteiger partial charge on any atom is -0.451 e. The maximum Gasteiger partial charge on any atom is 0.291 e. The summed E-state index contributed by atoms with van der Waals surface area (Å²) in [7, 11) is -3.59. The van der Waals surface area contributed by atoms with Crippen LogP contribution in [0.15, 0.2) is 70.0 Å². The van der Waals surface area contributed by atoms with Crippen molar-refractivity contribution < 1.29 is 22.4 Å². The maximum atomic E-state index is 12.9. The van der Waals surface area contributed by atoms with E-state index in [-0.39, 0.29) is 16.4 Å². The first kappa shape index (κ1) is 22.0. The number of nitrogens with one attached hydrogen (secondary N) is 1. The molecule has 0 saturated carbocycles. The summed E-state index contributed by atoms with van der Waals surface area (Å²) < 4.78 is 33.0. The van der Waals surface area contributed by atoms with Gasteiger partial charge in [-0.15, -0.1) is 0 Å². The highest BCUT2D eigenvalue weighted by Gasteiger charge is 2.26. The summed E-state index contributed by atoms with van der Waals surface area (Å²) in [6.45, 7) is 2.53. The van der Waals surface area contributed by atoms with Crippen LogP contribution in [0.1, 0.15) is 47.1 Å². The largest absolute Gasteiger partial charge is 0.451 e. The number of rotatable bonds is 6. The van der Waals surface area contributed by atoms with Crippen molar-refractivity contribution in [3.05, 3.63) is 72.0 Å². The van der Waals surface area contributed by atoms with Crippen molar-refractivity contribution in [2.45, 2.75) is 31.1 Å². The number of carbonyl (C=O) groups is 2. The van der Waals surface area contributed by atoms with Gasteiger partial charge >= 0.3 is 0 Å². The van der Waals surface area contributed by atoms with Crippen molar-refractivity contribution in [3.8, 4) is 11.3 Å². The first-order valence-electron chi connectivity index (χ1n) is 10.5. The molecule has 7 nitrogen and oxygen atoms in total. The zero-order valence-electron chi connectivity index (χ0n) is 17.7. The number of Topliss-reactive ketones (excluding diaryl/α,β-unsaturated/α-hetero) is 1. The fraction of sp³-hybridized carbons (Fsp3) is 0.250. The summed E-state index contributed by atoms with van der Waals surface area (Å²) >= 11 is 0. The molecule has 166 valence electrons. The third-order valence-corrected chi connectivity index (χ3v) is 7.35. The number of anilines is 1. The van der Waals surface area contributed by atoms with Gasteiger partial charge in [0.25, 0.3) is 5.91 Å². The predicted octanol–water partition coefficient (Wildman–Crippen LogP) is 4.58. The molecule has 1 amide bonds. The Bertz CT molecular complexity index is 1240. The maximum absolute atomic E-state index is 12.9. The molecule has 0 aliphatic carbocycles. The van der Waals surface area contributed by atoms with Gasteiger partial charge in [0.05, 0.1) is 4.90 Å². The SMILES string of the molecule is CC(=O)c1ccc(-c2ccc(C(=O)Nc3cccc(S(=O)(=O)N4CCCCC4)c3)o2)cc1. The molecular formula is C24H24N2O5S. The second-order valence-corrected chi connectivity index (χ2v) is 9.68. The molecular weight excluding hydrogens is 428 g/mol. The van der Waals surface area contributed by atoms with E-state index in [9.17, 15) is 18.0 Å². The van der Waals surface area contributed by atoms with Crippen LogP contribution >= 0.6 is 0 Å². The van der Waals surface area contributed by atoms with E-state index < -0.39 is 15.9 Å². The lowest BCUT2D eigenvalue weighted by Gasteiger charge is -2.26. The highest BCUT2D eigenvalue weighted by molar-refractivity contribution is 7.89. The van der Waals surface area contributed by atoms with Crippen molar-refractivity contribution in [3.63, 3.8) is 0 Å². The summed E-state index contributed by atoms with van der Waals surface area (Å²) in [5.41, 5.74) is 1.71. The Morgan fingerprint density at radius 3 is 2.34 bits per heavy atom. The van der Waals surface area contributed by atoms with Crippen LogP contribution in [0.5, 0.6) is 0 Å². The monoisotopic (exact) mass is 452 g/mol. The summed E-state index contributed by atoms with van der Waals surface area (Å²) in [6.07, 6.45) is 2.75. The summed E-state index contributed by atoms with van der Waals surface area (Å²) in [5.74, 6) is 0.0799. The van der Waals surface area contributed by atoms with E-state index in [1.54, 1.807) is 48.5 Å². The Morgan fingerprint density at radius 1 is 0.938 bits per heavy atom. The van der Waals surface area contributed by atoms with E-state index in [1.807, 2.05) is 0 Å². The molecule has 32 heavy (non-hydrogen) atoms. The topological polar surface area (TPSA) is 96.7 Å². The summed E-state index contributed by atoms with van der Waals surface area (Å²) in [5, 5.41) is 2.70. The number of carbonyl (C=O) groups excluding carboxylic acids is 2. The Morgan fingerprint density at radius 2 is 1.66 bits per heavy atom.